The van der Waals surface area contributed by atoms with Gasteiger partial charge in [-0.15, -0.1) is 5.06 Å². The minimum Gasteiger partial charge on any atom is -0.457 e. The van der Waals surface area contributed by atoms with Gasteiger partial charge in [-0.05, 0) is 110 Å². The predicted molar refractivity (Wildman–Crippen MR) is 451 cm³/mol. The largest absolute Gasteiger partial charge is 0.519 e. The van der Waals surface area contributed by atoms with Crippen LogP contribution < -0.4 is 65.6 Å². The molecule has 0 spiro atoms. The van der Waals surface area contributed by atoms with Crippen molar-refractivity contribution in [2.45, 2.75) is 201 Å². The second kappa shape index (κ2) is 75.2. The van der Waals surface area contributed by atoms with Crippen molar-refractivity contribution >= 4 is 192 Å². The summed E-state index contributed by atoms with van der Waals surface area (Å²) in [7, 11) is 15.0. The van der Waals surface area contributed by atoms with Gasteiger partial charge in [0.1, 0.15) is 18.1 Å². The van der Waals surface area contributed by atoms with Gasteiger partial charge in [0.2, 0.25) is 47.3 Å². The van der Waals surface area contributed by atoms with Crippen molar-refractivity contribution in [1.82, 2.24) is 47.6 Å². The third-order valence-corrected chi connectivity index (χ3v) is 20.7. The monoisotopic (exact) mass is 1790 g/mol. The summed E-state index contributed by atoms with van der Waals surface area (Å²) in [6.45, 7) is 7.65. The standard InChI is InChI=1S/C25H33N3O12S.C22H33N3O9S.C15H28N4O4S.3C2H6S2.CH5N/c1-15-18(39-25(36)38-15)14-37-22(33)8-6-11-26-24(35)17(13-23(34)40-28-20(31)9-10-21(28)32)27-19(30)7-4-3-5-12-41-16(2)29;1-14-17(34-22(31)33-14)13-32-20(29)9-7-10-24-21(30)16(12-19(28)23-3)25-18(27)8-5-4-6-11-35-15(2)26;1-11(20)24-9-5-3-4-6-13(21)19-12(10-14(22)17-2)15(23)18-8-7-16;3*1-3-4-2;1-2/h17H,3-14H2,1-2H3,(H,26,35)(H,27,30);16H,4-13H2,1-3H3,(H,23,28)(H,24,30)(H,25,27);12H,3-10,16H2,1-2H3,(H,17,22)(H,18,23)(H,19,21);3*1-2H3;2H2,1H3/t17-;16-;12-;;;;/m000..../s1. The van der Waals surface area contributed by atoms with Gasteiger partial charge >= 0.3 is 29.6 Å². The summed E-state index contributed by atoms with van der Waals surface area (Å²) in [6.07, 6.45) is 18.4. The van der Waals surface area contributed by atoms with E-state index in [0.717, 1.165) is 37.9 Å². The van der Waals surface area contributed by atoms with E-state index in [1.807, 2.05) is 0 Å². The van der Waals surface area contributed by atoms with E-state index in [4.69, 9.17) is 28.9 Å². The van der Waals surface area contributed by atoms with E-state index in [2.05, 4.69) is 94.6 Å². The van der Waals surface area contributed by atoms with E-state index in [9.17, 15) is 86.3 Å². The number of unbranched alkanes of at least 4 members (excludes halogenated alkanes) is 6. The highest BCUT2D eigenvalue weighted by Crippen LogP contribution is 2.17. The maximum Gasteiger partial charge on any atom is 0.519 e. The first kappa shape index (κ1) is 114. The number of aryl methyl sites for hydroxylation is 2. The van der Waals surface area contributed by atoms with E-state index in [1.165, 1.54) is 91.0 Å². The van der Waals surface area contributed by atoms with Crippen molar-refractivity contribution in [2.24, 2.45) is 11.5 Å². The van der Waals surface area contributed by atoms with Crippen LogP contribution in [0.2, 0.25) is 0 Å². The highest BCUT2D eigenvalue weighted by Gasteiger charge is 2.35. The smallest absolute Gasteiger partial charge is 0.457 e. The summed E-state index contributed by atoms with van der Waals surface area (Å²) in [4.78, 5) is 216. The molecule has 1 saturated heterocycles. The molecule has 36 nitrogen and oxygen atoms in total. The first-order valence-corrected chi connectivity index (χ1v) is 47.7. The molecule has 3 atom stereocenters. The first-order chi connectivity index (χ1) is 54.2. The van der Waals surface area contributed by atoms with E-state index >= 15 is 0 Å². The number of hydroxylamine groups is 2. The lowest BCUT2D eigenvalue weighted by Gasteiger charge is -2.19. The molecule has 1 aliphatic rings. The van der Waals surface area contributed by atoms with Crippen LogP contribution in [0.5, 0.6) is 0 Å². The Bertz CT molecular complexity index is 3280. The summed E-state index contributed by atoms with van der Waals surface area (Å²) >= 11 is 3.71. The highest BCUT2D eigenvalue weighted by atomic mass is 33.1. The minimum absolute atomic E-state index is 0.00417. The molecule has 0 aliphatic carbocycles. The predicted octanol–water partition coefficient (Wildman–Crippen LogP) is 5.72. The van der Waals surface area contributed by atoms with Crippen molar-refractivity contribution in [2.75, 3.05) is 102 Å². The highest BCUT2D eigenvalue weighted by molar-refractivity contribution is 8.76. The van der Waals surface area contributed by atoms with Crippen LogP contribution in [0.25, 0.3) is 0 Å². The fourth-order valence-corrected chi connectivity index (χ4v) is 10.1. The summed E-state index contributed by atoms with van der Waals surface area (Å²) in [6, 6.07) is -3.32. The average molecular weight is 1790 g/mol. The van der Waals surface area contributed by atoms with Gasteiger partial charge in [0, 0.05) is 123 Å². The van der Waals surface area contributed by atoms with Crippen LogP contribution in [0.3, 0.4) is 0 Å². The first-order valence-electron chi connectivity index (χ1n) is 35.8. The third-order valence-electron chi connectivity index (χ3n) is 14.0. The zero-order valence-corrected chi connectivity index (χ0v) is 74.8. The van der Waals surface area contributed by atoms with Gasteiger partial charge in [0.15, 0.2) is 51.6 Å². The van der Waals surface area contributed by atoms with Crippen LogP contribution >= 0.6 is 100 Å². The molecule has 3 rings (SSSR count). The lowest BCUT2D eigenvalue weighted by Crippen LogP contribution is -2.49. The Morgan fingerprint density at radius 2 is 0.719 bits per heavy atom. The molecule has 0 radical (unpaired) electrons. The van der Waals surface area contributed by atoms with Crippen molar-refractivity contribution in [3.05, 3.63) is 44.3 Å². The average Bonchev–Trinajstić information content (AvgIpc) is 1.72. The van der Waals surface area contributed by atoms with Gasteiger partial charge in [0.25, 0.3) is 11.8 Å². The number of rotatable bonds is 48. The molecular formula is C69H117N11O25S9. The summed E-state index contributed by atoms with van der Waals surface area (Å²) in [5.41, 5.74) is 9.83. The molecule has 1 fully saturated rings. The van der Waals surface area contributed by atoms with Crippen LogP contribution in [0.15, 0.2) is 27.3 Å². The SMILES string of the molecule is CC(=O)SCCCCCC(=O)N[C@@H](CC(=O)ON1C(=O)CCC1=O)C(=O)NCCCC(=O)OCc1oc(=O)oc1C.CN.CNC(=O)C[C@H](NC(=O)CCCCCSC(C)=O)C(=O)NCCCC(=O)OCc1oc(=O)oc1C.CNC(=O)C[C@H](NC(=O)CCCCCSC(C)=O)C(=O)NCCN.CSSC.CSSC.CSSC. The number of hydrogen-bond donors (Lipinski definition) is 10. The Morgan fingerprint density at radius 1 is 0.412 bits per heavy atom. The molecule has 0 bridgehead atoms. The van der Waals surface area contributed by atoms with Gasteiger partial charge in [0.05, 0.1) is 19.3 Å². The Kier molecular flexibility index (Phi) is 75.0. The molecule has 10 amide bonds. The lowest BCUT2D eigenvalue weighted by atomic mass is 10.1. The summed E-state index contributed by atoms with van der Waals surface area (Å²) in [5, 5.41) is 20.7. The van der Waals surface area contributed by atoms with E-state index in [-0.39, 0.29) is 166 Å². The van der Waals surface area contributed by atoms with Gasteiger partial charge in [-0.3, -0.25) is 71.9 Å². The van der Waals surface area contributed by atoms with Crippen LogP contribution in [0, 0.1) is 13.8 Å². The van der Waals surface area contributed by atoms with E-state index < -0.39 is 95.4 Å². The summed E-state index contributed by atoms with van der Waals surface area (Å²) in [5.74, 6) is -6.28. The number of carbonyl (C=O) groups is 16. The Morgan fingerprint density at radius 3 is 0.991 bits per heavy atom. The summed E-state index contributed by atoms with van der Waals surface area (Å²) < 4.78 is 28.8. The zero-order chi connectivity index (χ0) is 87.2. The fraction of sp³-hybridized carbons (Fsp3) is 0.681. The van der Waals surface area contributed by atoms with Gasteiger partial charge < -0.3 is 86.0 Å². The van der Waals surface area contributed by atoms with Crippen LogP contribution in [0.4, 0.5) is 0 Å². The van der Waals surface area contributed by atoms with Gasteiger partial charge in [-0.2, -0.15) is 0 Å². The number of nitrogens with zero attached hydrogens (tertiary/aromatic N) is 1. The van der Waals surface area contributed by atoms with E-state index in [0.29, 0.717) is 42.3 Å². The molecule has 114 heavy (non-hydrogen) atoms. The maximum atomic E-state index is 12.8. The van der Waals surface area contributed by atoms with Crippen molar-refractivity contribution < 1.29 is 109 Å². The number of nitrogens with two attached hydrogens (primary N) is 2. The Balaban J connectivity index is -0.000000751. The number of thioether (sulfide) groups is 3. The molecule has 0 saturated carbocycles. The van der Waals surface area contributed by atoms with E-state index in [1.54, 1.807) is 64.8 Å². The van der Waals surface area contributed by atoms with Gasteiger partial charge in [-0.25, -0.2) is 14.4 Å². The van der Waals surface area contributed by atoms with Crippen LogP contribution in [-0.2, 0) is 104 Å². The number of hydrogen-bond acceptors (Lipinski definition) is 36. The second-order valence-electron chi connectivity index (χ2n) is 22.9. The Labute approximate surface area is 702 Å². The van der Waals surface area contributed by atoms with Gasteiger partial charge in [-0.1, -0.05) is 119 Å². The molecular weight excluding hydrogens is 1670 g/mol. The number of imide groups is 1. The molecule has 3 heterocycles. The molecule has 2 aromatic heterocycles. The molecule has 652 valence electrons. The molecule has 1 aliphatic heterocycles. The number of nitrogens with one attached hydrogen (secondary N) is 8. The number of carbonyl (C=O) groups excluding carboxylic acids is 16. The zero-order valence-electron chi connectivity index (χ0n) is 67.4. The third kappa shape index (κ3) is 65.5. The minimum atomic E-state index is -1.37. The fourth-order valence-electron chi connectivity index (χ4n) is 8.21. The second-order valence-corrected chi connectivity index (χ2v) is 34.7. The Hall–Kier alpha value is -6.59. The molecule has 0 unspecified atom stereocenters. The lowest BCUT2D eigenvalue weighted by molar-refractivity contribution is -0.197. The number of ether oxygens (including phenoxy) is 2. The normalized spacial score (nSPS) is 11.6. The van der Waals surface area contributed by atoms with Crippen molar-refractivity contribution in [3.8, 4) is 0 Å². The molecule has 0 aromatic carbocycles. The maximum absolute atomic E-state index is 12.8. The molecule has 2 aromatic rings. The van der Waals surface area contributed by atoms with Crippen LogP contribution in [0.1, 0.15) is 179 Å². The number of esters is 2. The topological polar surface area (TPSA) is 539 Å². The van der Waals surface area contributed by atoms with Crippen LogP contribution in [-0.4, -0.2) is 218 Å². The van der Waals surface area contributed by atoms with Crippen molar-refractivity contribution in [3.63, 3.8) is 0 Å². The number of amides is 10. The van der Waals surface area contributed by atoms with Crippen molar-refractivity contribution in [1.29, 1.82) is 0 Å². The molecule has 45 heteroatoms. The quantitative estimate of drug-likeness (QED) is 0.0164. The molecule has 12 N–H and O–H groups in total.